The van der Waals surface area contributed by atoms with E-state index in [1.54, 1.807) is 18.2 Å². The van der Waals surface area contributed by atoms with Gasteiger partial charge in [0.1, 0.15) is 11.8 Å². The number of carbonyl (C=O) groups is 2. The lowest BCUT2D eigenvalue weighted by Gasteiger charge is -2.21. The highest BCUT2D eigenvalue weighted by atomic mass is 79.9. The summed E-state index contributed by atoms with van der Waals surface area (Å²) in [6.45, 7) is 0.000123. The van der Waals surface area contributed by atoms with Crippen LogP contribution >= 0.6 is 15.9 Å². The molecule has 1 aromatic rings. The lowest BCUT2D eigenvalue weighted by atomic mass is 10.2. The van der Waals surface area contributed by atoms with Crippen molar-refractivity contribution in [2.45, 2.75) is 18.6 Å². The van der Waals surface area contributed by atoms with Crippen molar-refractivity contribution < 1.29 is 24.5 Å². The van der Waals surface area contributed by atoms with Crippen molar-refractivity contribution in [2.24, 2.45) is 0 Å². The largest absolute Gasteiger partial charge is 0.496 e. The highest BCUT2D eigenvalue weighted by molar-refractivity contribution is 9.10. The van der Waals surface area contributed by atoms with Crippen LogP contribution in [0.4, 0.5) is 10.5 Å². The molecular weight excluding hydrogens is 344 g/mol. The SMILES string of the molecule is COc1ccc(NC(=O)N2C[C@@H](O)C[C@H]2C(=O)O)cc1Br. The summed E-state index contributed by atoms with van der Waals surface area (Å²) in [6.07, 6.45) is -0.783. The quantitative estimate of drug-likeness (QED) is 0.760. The van der Waals surface area contributed by atoms with Gasteiger partial charge in [-0.25, -0.2) is 9.59 Å². The molecule has 7 nitrogen and oxygen atoms in total. The number of carbonyl (C=O) groups excluding carboxylic acids is 1. The molecule has 0 unspecified atom stereocenters. The highest BCUT2D eigenvalue weighted by Gasteiger charge is 2.39. The second-order valence-electron chi connectivity index (χ2n) is 4.68. The number of halogens is 1. The molecule has 0 radical (unpaired) electrons. The van der Waals surface area contributed by atoms with Crippen LogP contribution in [-0.4, -0.2) is 52.9 Å². The van der Waals surface area contributed by atoms with Gasteiger partial charge in [-0.15, -0.1) is 0 Å². The van der Waals surface area contributed by atoms with Gasteiger partial charge in [0.25, 0.3) is 0 Å². The van der Waals surface area contributed by atoms with Crippen LogP contribution in [0.5, 0.6) is 5.75 Å². The zero-order valence-corrected chi connectivity index (χ0v) is 12.8. The normalized spacial score (nSPS) is 21.2. The molecule has 3 N–H and O–H groups in total. The molecule has 1 heterocycles. The van der Waals surface area contributed by atoms with Gasteiger partial charge < -0.3 is 25.2 Å². The van der Waals surface area contributed by atoms with Gasteiger partial charge in [0.15, 0.2) is 0 Å². The van der Waals surface area contributed by atoms with Crippen LogP contribution in [0.3, 0.4) is 0 Å². The summed E-state index contributed by atoms with van der Waals surface area (Å²) in [5, 5.41) is 21.2. The lowest BCUT2D eigenvalue weighted by molar-refractivity contribution is -0.141. The maximum absolute atomic E-state index is 12.1. The number of methoxy groups -OCH3 is 1. The zero-order valence-electron chi connectivity index (χ0n) is 11.2. The molecule has 0 aliphatic carbocycles. The first-order chi connectivity index (χ1) is 9.92. The lowest BCUT2D eigenvalue weighted by Crippen LogP contribution is -2.43. The molecule has 0 saturated carbocycles. The molecule has 8 heteroatoms. The molecule has 1 saturated heterocycles. The van der Waals surface area contributed by atoms with E-state index in [1.807, 2.05) is 0 Å². The summed E-state index contributed by atoms with van der Waals surface area (Å²) in [4.78, 5) is 24.3. The Balaban J connectivity index is 2.10. The predicted molar refractivity (Wildman–Crippen MR) is 78.5 cm³/mol. The fourth-order valence-electron chi connectivity index (χ4n) is 2.21. The predicted octanol–water partition coefficient (Wildman–Crippen LogP) is 1.51. The minimum atomic E-state index is -1.13. The first-order valence-electron chi connectivity index (χ1n) is 6.24. The van der Waals surface area contributed by atoms with E-state index in [9.17, 15) is 14.7 Å². The number of carboxylic acid groups (broad SMARTS) is 1. The van der Waals surface area contributed by atoms with Gasteiger partial charge in [-0.05, 0) is 34.1 Å². The number of amides is 2. The van der Waals surface area contributed by atoms with E-state index in [2.05, 4.69) is 21.2 Å². The van der Waals surface area contributed by atoms with E-state index < -0.39 is 24.1 Å². The van der Waals surface area contributed by atoms with Gasteiger partial charge in [0, 0.05) is 18.7 Å². The number of aliphatic hydroxyl groups excluding tert-OH is 1. The smallest absolute Gasteiger partial charge is 0.326 e. The van der Waals surface area contributed by atoms with Crippen LogP contribution in [0.15, 0.2) is 22.7 Å². The average Bonchev–Trinajstić information content (AvgIpc) is 2.81. The van der Waals surface area contributed by atoms with Gasteiger partial charge in [-0.3, -0.25) is 0 Å². The van der Waals surface area contributed by atoms with E-state index in [-0.39, 0.29) is 13.0 Å². The van der Waals surface area contributed by atoms with Crippen LogP contribution in [0.25, 0.3) is 0 Å². The summed E-state index contributed by atoms with van der Waals surface area (Å²) in [5.41, 5.74) is 0.498. The third kappa shape index (κ3) is 3.45. The number of rotatable bonds is 3. The topological polar surface area (TPSA) is 99.1 Å². The fourth-order valence-corrected chi connectivity index (χ4v) is 2.75. The second kappa shape index (κ2) is 6.31. The standard InChI is InChI=1S/C13H15BrN2O5/c1-21-11-3-2-7(4-9(11)14)15-13(20)16-6-8(17)5-10(16)12(18)19/h2-4,8,10,17H,5-6H2,1H3,(H,15,20)(H,18,19)/t8-,10-/m0/s1. The van der Waals surface area contributed by atoms with Crippen molar-refractivity contribution >= 4 is 33.6 Å². The molecule has 2 amide bonds. The number of aliphatic carboxylic acids is 1. The number of hydrogen-bond donors (Lipinski definition) is 3. The number of β-amino-alcohol motifs (C(OH)–C–C–N with tert-alkyl or cyclic N) is 1. The van der Waals surface area contributed by atoms with E-state index in [0.717, 1.165) is 4.90 Å². The molecular formula is C13H15BrN2O5. The fraction of sp³-hybridized carbons (Fsp3) is 0.385. The maximum atomic E-state index is 12.1. The average molecular weight is 359 g/mol. The minimum absolute atomic E-state index is 0.000123. The molecule has 2 rings (SSSR count). The zero-order chi connectivity index (χ0) is 15.6. The summed E-state index contributed by atoms with van der Waals surface area (Å²) in [6, 6.07) is 3.40. The molecule has 1 aliphatic heterocycles. The van der Waals surface area contributed by atoms with E-state index >= 15 is 0 Å². The van der Waals surface area contributed by atoms with Gasteiger partial charge >= 0.3 is 12.0 Å². The summed E-state index contributed by atoms with van der Waals surface area (Å²) < 4.78 is 5.75. The number of anilines is 1. The van der Waals surface area contributed by atoms with Crippen LogP contribution in [-0.2, 0) is 4.79 Å². The van der Waals surface area contributed by atoms with Crippen molar-refractivity contribution in [2.75, 3.05) is 19.0 Å². The Labute approximate surface area is 129 Å². The van der Waals surface area contributed by atoms with Gasteiger partial charge in [0.2, 0.25) is 0 Å². The molecule has 1 aliphatic rings. The molecule has 1 fully saturated rings. The third-order valence-electron chi connectivity index (χ3n) is 3.23. The van der Waals surface area contributed by atoms with Crippen molar-refractivity contribution in [1.82, 2.24) is 4.90 Å². The van der Waals surface area contributed by atoms with E-state index in [4.69, 9.17) is 9.84 Å². The number of carboxylic acids is 1. The summed E-state index contributed by atoms with van der Waals surface area (Å²) in [5.74, 6) is -0.509. The Morgan fingerprint density at radius 3 is 2.76 bits per heavy atom. The molecule has 114 valence electrons. The number of ether oxygens (including phenoxy) is 1. The Kier molecular flexibility index (Phi) is 4.69. The Hall–Kier alpha value is -1.80. The Morgan fingerprint density at radius 2 is 2.19 bits per heavy atom. The number of nitrogens with zero attached hydrogens (tertiary/aromatic N) is 1. The highest BCUT2D eigenvalue weighted by Crippen LogP contribution is 2.28. The van der Waals surface area contributed by atoms with Crippen LogP contribution < -0.4 is 10.1 Å². The van der Waals surface area contributed by atoms with Crippen molar-refractivity contribution in [3.8, 4) is 5.75 Å². The maximum Gasteiger partial charge on any atom is 0.326 e. The van der Waals surface area contributed by atoms with Gasteiger partial charge in [0.05, 0.1) is 17.7 Å². The second-order valence-corrected chi connectivity index (χ2v) is 5.53. The molecule has 21 heavy (non-hydrogen) atoms. The minimum Gasteiger partial charge on any atom is -0.496 e. The van der Waals surface area contributed by atoms with E-state index in [1.165, 1.54) is 7.11 Å². The number of urea groups is 1. The van der Waals surface area contributed by atoms with Crippen molar-refractivity contribution in [3.05, 3.63) is 22.7 Å². The summed E-state index contributed by atoms with van der Waals surface area (Å²) in [7, 11) is 1.53. The van der Waals surface area contributed by atoms with Crippen LogP contribution in [0.1, 0.15) is 6.42 Å². The number of aliphatic hydroxyl groups is 1. The monoisotopic (exact) mass is 358 g/mol. The first kappa shape index (κ1) is 15.6. The first-order valence-corrected chi connectivity index (χ1v) is 7.03. The summed E-state index contributed by atoms with van der Waals surface area (Å²) >= 11 is 3.30. The molecule has 1 aromatic carbocycles. The number of nitrogens with one attached hydrogen (secondary N) is 1. The number of benzene rings is 1. The van der Waals surface area contributed by atoms with Crippen LogP contribution in [0.2, 0.25) is 0 Å². The van der Waals surface area contributed by atoms with Crippen LogP contribution in [0, 0.1) is 0 Å². The van der Waals surface area contributed by atoms with Crippen molar-refractivity contribution in [1.29, 1.82) is 0 Å². The Morgan fingerprint density at radius 1 is 1.48 bits per heavy atom. The molecule has 0 bridgehead atoms. The number of hydrogen-bond acceptors (Lipinski definition) is 4. The third-order valence-corrected chi connectivity index (χ3v) is 3.85. The van der Waals surface area contributed by atoms with E-state index in [0.29, 0.717) is 15.9 Å². The number of likely N-dealkylation sites (tertiary alicyclic amines) is 1. The molecule has 0 spiro atoms. The van der Waals surface area contributed by atoms with Gasteiger partial charge in [-0.1, -0.05) is 0 Å². The van der Waals surface area contributed by atoms with Crippen molar-refractivity contribution in [3.63, 3.8) is 0 Å². The molecule has 2 atom stereocenters. The van der Waals surface area contributed by atoms with Gasteiger partial charge in [-0.2, -0.15) is 0 Å². The Bertz CT molecular complexity index is 565. The molecule has 0 aromatic heterocycles.